The van der Waals surface area contributed by atoms with Gasteiger partial charge in [0.05, 0.1) is 0 Å². The molecule has 1 atom stereocenters. The summed E-state index contributed by atoms with van der Waals surface area (Å²) >= 11 is 3.46. The Balaban J connectivity index is 1.89. The second kappa shape index (κ2) is 4.94. The lowest BCUT2D eigenvalue weighted by Crippen LogP contribution is -2.31. The Morgan fingerprint density at radius 1 is 1.45 bits per heavy atom. The van der Waals surface area contributed by atoms with Crippen molar-refractivity contribution in [3.63, 3.8) is 0 Å². The van der Waals surface area contributed by atoms with Crippen LogP contribution in [0.2, 0.25) is 0 Å². The van der Waals surface area contributed by atoms with Crippen LogP contribution in [0.5, 0.6) is 0 Å². The van der Waals surface area contributed by atoms with Gasteiger partial charge in [-0.05, 0) is 17.7 Å². The van der Waals surface area contributed by atoms with Crippen LogP contribution in [0.3, 0.4) is 0 Å². The third-order valence-electron chi connectivity index (χ3n) is 3.62. The number of amides is 1. The van der Waals surface area contributed by atoms with Gasteiger partial charge in [-0.2, -0.15) is 0 Å². The van der Waals surface area contributed by atoms with Crippen molar-refractivity contribution in [2.75, 3.05) is 14.1 Å². The van der Waals surface area contributed by atoms with E-state index < -0.39 is 0 Å². The number of guanidine groups is 1. The lowest BCUT2D eigenvalue weighted by molar-refractivity contribution is -0.126. The molecule has 0 saturated carbocycles. The summed E-state index contributed by atoms with van der Waals surface area (Å²) in [7, 11) is 3.42. The summed E-state index contributed by atoms with van der Waals surface area (Å²) in [5.41, 5.74) is 2.20. The first-order chi connectivity index (χ1) is 9.60. The first kappa shape index (κ1) is 13.2. The minimum absolute atomic E-state index is 0.0528. The van der Waals surface area contributed by atoms with Crippen LogP contribution in [0.4, 0.5) is 0 Å². The van der Waals surface area contributed by atoms with Crippen molar-refractivity contribution < 1.29 is 4.79 Å². The summed E-state index contributed by atoms with van der Waals surface area (Å²) in [6.45, 7) is 0. The molecule has 0 radical (unpaired) electrons. The van der Waals surface area contributed by atoms with Crippen LogP contribution in [0, 0.1) is 0 Å². The average Bonchev–Trinajstić information content (AvgIpc) is 2.95. The van der Waals surface area contributed by atoms with Crippen LogP contribution in [0.25, 0.3) is 10.9 Å². The lowest BCUT2D eigenvalue weighted by Gasteiger charge is -2.07. The molecular weight excluding hydrogens is 320 g/mol. The highest BCUT2D eigenvalue weighted by Crippen LogP contribution is 2.24. The smallest absolute Gasteiger partial charge is 0.251 e. The van der Waals surface area contributed by atoms with E-state index in [0.29, 0.717) is 12.4 Å². The summed E-state index contributed by atoms with van der Waals surface area (Å²) in [6, 6.07) is 5.85. The number of rotatable bonds is 2. The van der Waals surface area contributed by atoms with Crippen molar-refractivity contribution >= 4 is 38.7 Å². The van der Waals surface area contributed by atoms with Crippen LogP contribution in [-0.4, -0.2) is 41.9 Å². The highest BCUT2D eigenvalue weighted by atomic mass is 79.9. The molecule has 1 fully saturated rings. The first-order valence-corrected chi connectivity index (χ1v) is 7.16. The van der Waals surface area contributed by atoms with E-state index in [2.05, 4.69) is 37.3 Å². The number of fused-ring (bicyclic) bond motifs is 1. The maximum Gasteiger partial charge on any atom is 0.251 e. The zero-order valence-corrected chi connectivity index (χ0v) is 12.9. The molecule has 0 aliphatic carbocycles. The number of nitrogens with one attached hydrogen (secondary N) is 2. The molecule has 1 aliphatic heterocycles. The molecule has 1 saturated heterocycles. The van der Waals surface area contributed by atoms with Gasteiger partial charge in [0.2, 0.25) is 5.96 Å². The van der Waals surface area contributed by atoms with E-state index in [9.17, 15) is 4.79 Å². The van der Waals surface area contributed by atoms with Crippen LogP contribution < -0.4 is 5.32 Å². The van der Waals surface area contributed by atoms with Crippen molar-refractivity contribution in [2.24, 2.45) is 4.99 Å². The Bertz CT molecular complexity index is 706. The Hall–Kier alpha value is -1.82. The lowest BCUT2D eigenvalue weighted by atomic mass is 10.1. The molecule has 1 aromatic heterocycles. The standard InChI is InChI=1S/C14H15BrN4O/c1-16-14-18-12(13(20)19(14)2)5-8-7-17-11-6-9(15)3-4-10(8)11/h3-4,6-7,12,17H,5H2,1-2H3,(H,16,18). The van der Waals surface area contributed by atoms with E-state index in [1.807, 2.05) is 18.3 Å². The largest absolute Gasteiger partial charge is 0.361 e. The minimum atomic E-state index is -0.249. The van der Waals surface area contributed by atoms with Gasteiger partial charge < -0.3 is 10.3 Å². The van der Waals surface area contributed by atoms with E-state index in [1.54, 1.807) is 19.0 Å². The molecule has 2 N–H and O–H groups in total. The number of nitrogens with zero attached hydrogens (tertiary/aromatic N) is 2. The number of aromatic amines is 1. The van der Waals surface area contributed by atoms with E-state index in [0.717, 1.165) is 20.9 Å². The van der Waals surface area contributed by atoms with Gasteiger partial charge in [0.1, 0.15) is 6.04 Å². The predicted molar refractivity (Wildman–Crippen MR) is 82.8 cm³/mol. The molecule has 104 valence electrons. The molecule has 6 heteroatoms. The maximum absolute atomic E-state index is 12.2. The third-order valence-corrected chi connectivity index (χ3v) is 4.11. The molecule has 2 aromatic rings. The summed E-state index contributed by atoms with van der Waals surface area (Å²) in [6.07, 6.45) is 2.61. The first-order valence-electron chi connectivity index (χ1n) is 6.36. The van der Waals surface area contributed by atoms with E-state index in [1.165, 1.54) is 0 Å². The van der Waals surface area contributed by atoms with Gasteiger partial charge in [0.25, 0.3) is 5.91 Å². The quantitative estimate of drug-likeness (QED) is 0.881. The maximum atomic E-state index is 12.2. The van der Waals surface area contributed by atoms with Crippen LogP contribution in [0.1, 0.15) is 5.56 Å². The average molecular weight is 335 g/mol. The number of hydrogen-bond acceptors (Lipinski definition) is 2. The second-order valence-electron chi connectivity index (χ2n) is 4.85. The van der Waals surface area contributed by atoms with Crippen molar-refractivity contribution in [2.45, 2.75) is 12.5 Å². The number of halogens is 1. The number of carbonyl (C=O) groups is 1. The molecule has 0 spiro atoms. The molecule has 5 nitrogen and oxygen atoms in total. The number of likely N-dealkylation sites (N-methyl/N-ethyl adjacent to an activating group) is 1. The van der Waals surface area contributed by atoms with Crippen LogP contribution >= 0.6 is 15.9 Å². The number of aliphatic imine (C=N–C) groups is 1. The van der Waals surface area contributed by atoms with Crippen LogP contribution in [0.15, 0.2) is 33.9 Å². The SMILES string of the molecule is CN=C1NC(Cc2c[nH]c3cc(Br)ccc23)C(=O)N1C. The van der Waals surface area contributed by atoms with Gasteiger partial charge in [-0.1, -0.05) is 22.0 Å². The third kappa shape index (κ3) is 2.10. The van der Waals surface area contributed by atoms with E-state index in [4.69, 9.17) is 0 Å². The number of H-pyrrole nitrogens is 1. The Kier molecular flexibility index (Phi) is 3.25. The number of carbonyl (C=O) groups excluding carboxylic acids is 1. The molecular formula is C14H15BrN4O. The monoisotopic (exact) mass is 334 g/mol. The number of hydrogen-bond donors (Lipinski definition) is 2. The van der Waals surface area contributed by atoms with Crippen LogP contribution in [-0.2, 0) is 11.2 Å². The molecule has 1 unspecified atom stereocenters. The summed E-state index contributed by atoms with van der Waals surface area (Å²) in [5, 5.41) is 4.30. The molecule has 2 heterocycles. The molecule has 20 heavy (non-hydrogen) atoms. The summed E-state index contributed by atoms with van der Waals surface area (Å²) in [4.78, 5) is 21.0. The van der Waals surface area contributed by atoms with Crippen molar-refractivity contribution in [3.05, 3.63) is 34.4 Å². The molecule has 1 amide bonds. The topological polar surface area (TPSA) is 60.5 Å². The zero-order chi connectivity index (χ0) is 14.3. The van der Waals surface area contributed by atoms with E-state index in [-0.39, 0.29) is 11.9 Å². The number of aromatic nitrogens is 1. The van der Waals surface area contributed by atoms with E-state index >= 15 is 0 Å². The van der Waals surface area contributed by atoms with Gasteiger partial charge in [-0.15, -0.1) is 0 Å². The van der Waals surface area contributed by atoms with Crippen molar-refractivity contribution in [1.29, 1.82) is 0 Å². The fourth-order valence-electron chi connectivity index (χ4n) is 2.55. The normalized spacial score (nSPS) is 20.9. The molecule has 1 aromatic carbocycles. The second-order valence-corrected chi connectivity index (χ2v) is 5.77. The predicted octanol–water partition coefficient (Wildman–Crippen LogP) is 1.89. The van der Waals surface area contributed by atoms with Crippen molar-refractivity contribution in [1.82, 2.24) is 15.2 Å². The zero-order valence-electron chi connectivity index (χ0n) is 11.3. The van der Waals surface area contributed by atoms with Crippen molar-refractivity contribution in [3.8, 4) is 0 Å². The van der Waals surface area contributed by atoms with Gasteiger partial charge in [-0.3, -0.25) is 14.7 Å². The fraction of sp³-hybridized carbons (Fsp3) is 0.286. The Morgan fingerprint density at radius 3 is 2.95 bits per heavy atom. The molecule has 3 rings (SSSR count). The summed E-state index contributed by atoms with van der Waals surface area (Å²) in [5.74, 6) is 0.680. The Morgan fingerprint density at radius 2 is 2.25 bits per heavy atom. The van der Waals surface area contributed by atoms with Gasteiger partial charge in [0, 0.05) is 42.1 Å². The van der Waals surface area contributed by atoms with Gasteiger partial charge in [-0.25, -0.2) is 0 Å². The highest BCUT2D eigenvalue weighted by molar-refractivity contribution is 9.10. The number of benzene rings is 1. The minimum Gasteiger partial charge on any atom is -0.361 e. The van der Waals surface area contributed by atoms with Gasteiger partial charge in [0.15, 0.2) is 0 Å². The molecule has 0 bridgehead atoms. The fourth-order valence-corrected chi connectivity index (χ4v) is 2.91. The highest BCUT2D eigenvalue weighted by Gasteiger charge is 2.33. The summed E-state index contributed by atoms with van der Waals surface area (Å²) < 4.78 is 1.04. The molecule has 1 aliphatic rings. The Labute approximate surface area is 125 Å². The van der Waals surface area contributed by atoms with Gasteiger partial charge >= 0.3 is 0 Å².